The van der Waals surface area contributed by atoms with Crippen molar-refractivity contribution in [2.24, 2.45) is 0 Å². The summed E-state index contributed by atoms with van der Waals surface area (Å²) in [6.07, 6.45) is 2.81. The monoisotopic (exact) mass is 487 g/mol. The van der Waals surface area contributed by atoms with Gasteiger partial charge in [-0.05, 0) is 66.5 Å². The summed E-state index contributed by atoms with van der Waals surface area (Å²) in [7, 11) is 0. The van der Waals surface area contributed by atoms with E-state index < -0.39 is 0 Å². The Balaban J connectivity index is 1.26. The van der Waals surface area contributed by atoms with Gasteiger partial charge in [0, 0.05) is 37.8 Å². The van der Waals surface area contributed by atoms with E-state index in [2.05, 4.69) is 71.4 Å². The molecular formula is C30H37N3O3. The summed E-state index contributed by atoms with van der Waals surface area (Å²) in [5.41, 5.74) is 2.48. The van der Waals surface area contributed by atoms with Gasteiger partial charge in [0.15, 0.2) is 0 Å². The van der Waals surface area contributed by atoms with E-state index >= 15 is 0 Å². The number of carbonyl (C=O) groups excluding carboxylic acids is 2. The molecule has 190 valence electrons. The molecule has 0 bridgehead atoms. The lowest BCUT2D eigenvalue weighted by Crippen LogP contribution is -2.29. The highest BCUT2D eigenvalue weighted by Gasteiger charge is 2.29. The van der Waals surface area contributed by atoms with E-state index in [-0.39, 0.29) is 11.9 Å². The van der Waals surface area contributed by atoms with Crippen molar-refractivity contribution in [3.63, 3.8) is 0 Å². The molecule has 6 heteroatoms. The number of amides is 1. The highest BCUT2D eigenvalue weighted by atomic mass is 16.5. The second-order valence-electron chi connectivity index (χ2n) is 9.38. The zero-order valence-corrected chi connectivity index (χ0v) is 21.4. The van der Waals surface area contributed by atoms with Gasteiger partial charge in [0.25, 0.3) is 0 Å². The summed E-state index contributed by atoms with van der Waals surface area (Å²) in [6, 6.07) is 22.4. The number of carbonyl (C=O) groups is 2. The predicted molar refractivity (Wildman–Crippen MR) is 145 cm³/mol. The molecule has 0 heterocycles. The Kier molecular flexibility index (Phi) is 9.09. The molecule has 1 N–H and O–H groups in total. The third kappa shape index (κ3) is 7.15. The highest BCUT2D eigenvalue weighted by molar-refractivity contribution is 5.93. The van der Waals surface area contributed by atoms with Crippen LogP contribution in [0.15, 0.2) is 66.7 Å². The quantitative estimate of drug-likeness (QED) is 0.330. The molecule has 4 rings (SSSR count). The van der Waals surface area contributed by atoms with Crippen molar-refractivity contribution in [3.05, 3.63) is 77.9 Å². The molecule has 1 saturated carbocycles. The Morgan fingerprint density at radius 3 is 2.36 bits per heavy atom. The molecule has 0 saturated heterocycles. The summed E-state index contributed by atoms with van der Waals surface area (Å²) in [5.74, 6) is -0.360. The van der Waals surface area contributed by atoms with Gasteiger partial charge in [0.1, 0.15) is 6.61 Å². The third-order valence-corrected chi connectivity index (χ3v) is 6.88. The molecule has 1 aliphatic carbocycles. The van der Waals surface area contributed by atoms with Gasteiger partial charge >= 0.3 is 5.97 Å². The lowest BCUT2D eigenvalue weighted by atomic mass is 10.0. The summed E-state index contributed by atoms with van der Waals surface area (Å²) >= 11 is 0. The standard InChI is InChI=1S/C30H37N3O3/c1-3-32(4-2)20-21-36-30(35)24-12-14-26(15-13-24)31-29(34)18-19-33(27-16-17-27)22-25-10-7-9-23-8-5-6-11-28(23)25/h5-15,27H,3-4,16-22H2,1-2H3,(H,31,34). The van der Waals surface area contributed by atoms with Gasteiger partial charge < -0.3 is 15.0 Å². The zero-order valence-electron chi connectivity index (χ0n) is 21.4. The van der Waals surface area contributed by atoms with Crippen molar-refractivity contribution in [2.75, 3.05) is 38.1 Å². The van der Waals surface area contributed by atoms with Crippen molar-refractivity contribution in [2.45, 2.75) is 45.7 Å². The van der Waals surface area contributed by atoms with E-state index in [4.69, 9.17) is 4.74 Å². The van der Waals surface area contributed by atoms with Gasteiger partial charge in [-0.1, -0.05) is 56.3 Å². The molecule has 0 unspecified atom stereocenters. The first-order valence-electron chi connectivity index (χ1n) is 13.1. The van der Waals surface area contributed by atoms with Gasteiger partial charge in [0.2, 0.25) is 5.91 Å². The second kappa shape index (κ2) is 12.7. The highest BCUT2D eigenvalue weighted by Crippen LogP contribution is 2.30. The van der Waals surface area contributed by atoms with E-state index in [1.54, 1.807) is 24.3 Å². The van der Waals surface area contributed by atoms with Crippen LogP contribution in [0.5, 0.6) is 0 Å². The number of fused-ring (bicyclic) bond motifs is 1. The lowest BCUT2D eigenvalue weighted by molar-refractivity contribution is -0.116. The number of nitrogens with one attached hydrogen (secondary N) is 1. The first kappa shape index (κ1) is 25.9. The molecule has 3 aromatic rings. The molecule has 3 aromatic carbocycles. The minimum Gasteiger partial charge on any atom is -0.461 e. The molecule has 1 amide bonds. The van der Waals surface area contributed by atoms with Crippen molar-refractivity contribution >= 4 is 28.3 Å². The number of esters is 1. The maximum atomic E-state index is 12.7. The van der Waals surface area contributed by atoms with Gasteiger partial charge in [-0.15, -0.1) is 0 Å². The van der Waals surface area contributed by atoms with Crippen LogP contribution in [0.1, 0.15) is 49.0 Å². The molecule has 0 atom stereocenters. The third-order valence-electron chi connectivity index (χ3n) is 6.88. The number of hydrogen-bond donors (Lipinski definition) is 1. The maximum Gasteiger partial charge on any atom is 0.338 e. The van der Waals surface area contributed by atoms with E-state index in [0.29, 0.717) is 30.3 Å². The Labute approximate surface area is 214 Å². The number of rotatable bonds is 13. The van der Waals surface area contributed by atoms with Crippen molar-refractivity contribution in [1.82, 2.24) is 9.80 Å². The number of nitrogens with zero attached hydrogens (tertiary/aromatic N) is 2. The fourth-order valence-corrected chi connectivity index (χ4v) is 4.53. The van der Waals surface area contributed by atoms with Gasteiger partial charge in [-0.3, -0.25) is 9.69 Å². The number of ether oxygens (including phenoxy) is 1. The van der Waals surface area contributed by atoms with Crippen molar-refractivity contribution in [1.29, 1.82) is 0 Å². The number of hydrogen-bond acceptors (Lipinski definition) is 5. The summed E-state index contributed by atoms with van der Waals surface area (Å²) in [6.45, 7) is 8.72. The molecule has 6 nitrogen and oxygen atoms in total. The number of likely N-dealkylation sites (N-methyl/N-ethyl adjacent to an activating group) is 1. The first-order valence-corrected chi connectivity index (χ1v) is 13.1. The van der Waals surface area contributed by atoms with Gasteiger partial charge in [-0.2, -0.15) is 0 Å². The van der Waals surface area contributed by atoms with Crippen LogP contribution >= 0.6 is 0 Å². The van der Waals surface area contributed by atoms with Crippen LogP contribution in [-0.4, -0.2) is 60.5 Å². The van der Waals surface area contributed by atoms with Crippen LogP contribution in [0.3, 0.4) is 0 Å². The molecule has 0 spiro atoms. The molecule has 1 aliphatic rings. The van der Waals surface area contributed by atoms with Crippen LogP contribution in [0.2, 0.25) is 0 Å². The number of benzene rings is 3. The second-order valence-corrected chi connectivity index (χ2v) is 9.38. The normalized spacial score (nSPS) is 13.3. The minimum atomic E-state index is -0.339. The van der Waals surface area contributed by atoms with Crippen LogP contribution in [-0.2, 0) is 16.1 Å². The molecule has 36 heavy (non-hydrogen) atoms. The average molecular weight is 488 g/mol. The average Bonchev–Trinajstić information content (AvgIpc) is 3.75. The predicted octanol–water partition coefficient (Wildman–Crippen LogP) is 5.33. The van der Waals surface area contributed by atoms with Crippen molar-refractivity contribution in [3.8, 4) is 0 Å². The van der Waals surface area contributed by atoms with E-state index in [1.807, 2.05) is 0 Å². The van der Waals surface area contributed by atoms with E-state index in [0.717, 1.165) is 32.7 Å². The zero-order chi connectivity index (χ0) is 25.3. The molecule has 0 aliphatic heterocycles. The fraction of sp³-hybridized carbons (Fsp3) is 0.400. The topological polar surface area (TPSA) is 61.9 Å². The fourth-order valence-electron chi connectivity index (χ4n) is 4.53. The van der Waals surface area contributed by atoms with Crippen molar-refractivity contribution < 1.29 is 14.3 Å². The van der Waals surface area contributed by atoms with Crippen LogP contribution in [0.25, 0.3) is 10.8 Å². The minimum absolute atomic E-state index is 0.0203. The van der Waals surface area contributed by atoms with Crippen LogP contribution in [0.4, 0.5) is 5.69 Å². The van der Waals surface area contributed by atoms with E-state index in [1.165, 1.54) is 29.2 Å². The maximum absolute atomic E-state index is 12.7. The van der Waals surface area contributed by atoms with Gasteiger partial charge in [0.05, 0.1) is 5.56 Å². The summed E-state index contributed by atoms with van der Waals surface area (Å²) in [4.78, 5) is 29.6. The SMILES string of the molecule is CCN(CC)CCOC(=O)c1ccc(NC(=O)CCN(Cc2cccc3ccccc23)C2CC2)cc1. The Morgan fingerprint density at radius 1 is 0.917 bits per heavy atom. The first-order chi connectivity index (χ1) is 17.6. The Bertz CT molecular complexity index is 1150. The summed E-state index contributed by atoms with van der Waals surface area (Å²) in [5, 5.41) is 5.49. The molecule has 0 aromatic heterocycles. The number of anilines is 1. The molecule has 1 fully saturated rings. The van der Waals surface area contributed by atoms with Gasteiger partial charge in [-0.25, -0.2) is 4.79 Å². The van der Waals surface area contributed by atoms with Crippen LogP contribution < -0.4 is 5.32 Å². The van der Waals surface area contributed by atoms with E-state index in [9.17, 15) is 9.59 Å². The molecular weight excluding hydrogens is 450 g/mol. The Morgan fingerprint density at radius 2 is 1.64 bits per heavy atom. The Hall–Kier alpha value is -3.22. The van der Waals surface area contributed by atoms with Crippen LogP contribution in [0, 0.1) is 0 Å². The smallest absolute Gasteiger partial charge is 0.338 e. The molecule has 0 radical (unpaired) electrons. The lowest BCUT2D eigenvalue weighted by Gasteiger charge is -2.22. The largest absolute Gasteiger partial charge is 0.461 e. The summed E-state index contributed by atoms with van der Waals surface area (Å²) < 4.78 is 5.38.